The van der Waals surface area contributed by atoms with Crippen LogP contribution in [-0.2, 0) is 11.2 Å². The molecule has 1 aliphatic carbocycles. The van der Waals surface area contributed by atoms with Gasteiger partial charge in [-0.3, -0.25) is 19.2 Å². The molecule has 0 radical (unpaired) electrons. The summed E-state index contributed by atoms with van der Waals surface area (Å²) in [6.45, 7) is 2.26. The van der Waals surface area contributed by atoms with Crippen LogP contribution in [0.2, 0.25) is 0 Å². The van der Waals surface area contributed by atoms with Gasteiger partial charge in [0.1, 0.15) is 0 Å². The fourth-order valence-electron chi connectivity index (χ4n) is 4.72. The van der Waals surface area contributed by atoms with Gasteiger partial charge in [0.05, 0.1) is 18.7 Å². The molecule has 1 aromatic carbocycles. The number of hydrogen-bond acceptors (Lipinski definition) is 7. The third kappa shape index (κ3) is 9.14. The number of benzene rings is 1. The molecule has 0 atom stereocenters. The average Bonchev–Trinajstić information content (AvgIpc) is 3.35. The Kier molecular flexibility index (Phi) is 12.4. The van der Waals surface area contributed by atoms with Crippen molar-refractivity contribution in [3.05, 3.63) is 57.6 Å². The Balaban J connectivity index is 1.62. The number of carbonyl (C=O) groups excluding carboxylic acids is 3. The molecule has 2 aromatic rings. The van der Waals surface area contributed by atoms with Crippen LogP contribution in [-0.4, -0.2) is 51.4 Å². The molecule has 1 heterocycles. The first-order chi connectivity index (χ1) is 18.8. The van der Waals surface area contributed by atoms with Crippen LogP contribution in [0.25, 0.3) is 0 Å². The smallest absolute Gasteiger partial charge is 0.309 e. The van der Waals surface area contributed by atoms with E-state index in [9.17, 15) is 19.2 Å². The summed E-state index contributed by atoms with van der Waals surface area (Å²) in [5.41, 5.74) is 2.12. The van der Waals surface area contributed by atoms with Crippen molar-refractivity contribution in [2.75, 3.05) is 13.6 Å². The standard InChI is InChI=1S/C30H38N2O5S2/c1-3-4-5-6-7-8-9-10-11-12-15-24-25(28(36)23-17-14-13-16-22(23)27(24)35)19-32(2)30(37)39-29-31-21(20-38-29)18-26(33)34/h13-14,16-17,20H,3-12,15,18-19H2,1-2H3,(H,33,34). The van der Waals surface area contributed by atoms with Crippen LogP contribution in [0, 0.1) is 0 Å². The van der Waals surface area contributed by atoms with Crippen molar-refractivity contribution < 1.29 is 24.3 Å². The SMILES string of the molecule is CCCCCCCCCCCCC1=C(CN(C)C(=O)Sc2nc(CC(=O)O)cs2)C(=O)c2ccccc2C1=O. The summed E-state index contributed by atoms with van der Waals surface area (Å²) in [6, 6.07) is 6.89. The highest BCUT2D eigenvalue weighted by Crippen LogP contribution is 2.31. The zero-order chi connectivity index (χ0) is 28.2. The van der Waals surface area contributed by atoms with Gasteiger partial charge in [-0.05, 0) is 12.8 Å². The second-order valence-corrected chi connectivity index (χ2v) is 12.0. The topological polar surface area (TPSA) is 105 Å². The number of carbonyl (C=O) groups is 4. The number of amides is 1. The molecule has 1 aliphatic rings. The summed E-state index contributed by atoms with van der Waals surface area (Å²) in [4.78, 5) is 56.3. The number of nitrogens with zero attached hydrogens (tertiary/aromatic N) is 2. The molecule has 1 amide bonds. The number of allylic oxidation sites excluding steroid dienone is 1. The third-order valence-corrected chi connectivity index (χ3v) is 8.83. The highest BCUT2D eigenvalue weighted by molar-refractivity contribution is 8.14. The van der Waals surface area contributed by atoms with E-state index in [-0.39, 0.29) is 29.8 Å². The van der Waals surface area contributed by atoms with E-state index in [1.807, 2.05) is 0 Å². The van der Waals surface area contributed by atoms with Gasteiger partial charge in [0.15, 0.2) is 15.9 Å². The summed E-state index contributed by atoms with van der Waals surface area (Å²) in [6.07, 6.45) is 12.2. The minimum atomic E-state index is -0.983. The summed E-state index contributed by atoms with van der Waals surface area (Å²) in [5, 5.41) is 10.2. The fourth-order valence-corrected chi connectivity index (χ4v) is 6.35. The monoisotopic (exact) mass is 570 g/mol. The van der Waals surface area contributed by atoms with E-state index in [2.05, 4.69) is 11.9 Å². The van der Waals surface area contributed by atoms with Crippen molar-refractivity contribution in [3.63, 3.8) is 0 Å². The number of unbranched alkanes of at least 4 members (excludes halogenated alkanes) is 9. The molecule has 0 fully saturated rings. The van der Waals surface area contributed by atoms with Crippen LogP contribution in [0.1, 0.15) is 104 Å². The van der Waals surface area contributed by atoms with Crippen LogP contribution in [0.3, 0.4) is 0 Å². The maximum atomic E-state index is 13.5. The Hall–Kier alpha value is -2.78. The number of carboxylic acids is 1. The number of hydrogen-bond donors (Lipinski definition) is 1. The lowest BCUT2D eigenvalue weighted by Gasteiger charge is -2.24. The molecule has 39 heavy (non-hydrogen) atoms. The van der Waals surface area contributed by atoms with Gasteiger partial charge in [-0.25, -0.2) is 4.98 Å². The average molecular weight is 571 g/mol. The third-order valence-electron chi connectivity index (χ3n) is 6.85. The van der Waals surface area contributed by atoms with Gasteiger partial charge < -0.3 is 10.0 Å². The number of thiazole rings is 1. The lowest BCUT2D eigenvalue weighted by atomic mass is 9.82. The lowest BCUT2D eigenvalue weighted by molar-refractivity contribution is -0.136. The lowest BCUT2D eigenvalue weighted by Crippen LogP contribution is -2.32. The Labute approximate surface area is 239 Å². The fraction of sp³-hybridized carbons (Fsp3) is 0.500. The molecule has 9 heteroatoms. The van der Waals surface area contributed by atoms with E-state index < -0.39 is 5.97 Å². The van der Waals surface area contributed by atoms with E-state index in [1.54, 1.807) is 36.7 Å². The molecule has 1 N–H and O–H groups in total. The first-order valence-electron chi connectivity index (χ1n) is 13.8. The van der Waals surface area contributed by atoms with Crippen molar-refractivity contribution in [1.29, 1.82) is 0 Å². The second kappa shape index (κ2) is 15.7. The maximum absolute atomic E-state index is 13.5. The van der Waals surface area contributed by atoms with Crippen LogP contribution >= 0.6 is 23.1 Å². The number of rotatable bonds is 16. The minimum absolute atomic E-state index is 0.0329. The molecule has 0 spiro atoms. The Morgan fingerprint density at radius 3 is 2.05 bits per heavy atom. The number of thioether (sulfide) groups is 1. The van der Waals surface area contributed by atoms with Crippen molar-refractivity contribution >= 4 is 45.9 Å². The van der Waals surface area contributed by atoms with Crippen LogP contribution < -0.4 is 0 Å². The zero-order valence-corrected chi connectivity index (χ0v) is 24.5. The number of Topliss-reactive ketones (excluding diaryl/α,β-unsaturated/α-hetero) is 2. The Morgan fingerprint density at radius 2 is 1.46 bits per heavy atom. The second-order valence-electron chi connectivity index (χ2n) is 9.99. The van der Waals surface area contributed by atoms with Crippen molar-refractivity contribution in [1.82, 2.24) is 9.88 Å². The molecule has 0 aliphatic heterocycles. The minimum Gasteiger partial charge on any atom is -0.481 e. The molecule has 0 bridgehead atoms. The number of aliphatic carboxylic acids is 1. The number of fused-ring (bicyclic) bond motifs is 1. The van der Waals surface area contributed by atoms with Crippen LogP contribution in [0.15, 0.2) is 45.1 Å². The van der Waals surface area contributed by atoms with E-state index in [1.165, 1.54) is 61.2 Å². The van der Waals surface area contributed by atoms with Gasteiger partial charge in [0, 0.05) is 46.5 Å². The molecule has 3 rings (SSSR count). The van der Waals surface area contributed by atoms with Crippen molar-refractivity contribution in [3.8, 4) is 0 Å². The van der Waals surface area contributed by atoms with Crippen molar-refractivity contribution in [2.24, 2.45) is 0 Å². The number of ketones is 2. The van der Waals surface area contributed by atoms with E-state index in [0.29, 0.717) is 38.7 Å². The van der Waals surface area contributed by atoms with Gasteiger partial charge in [-0.2, -0.15) is 0 Å². The molecular formula is C30H38N2O5S2. The summed E-state index contributed by atoms with van der Waals surface area (Å²) in [5.74, 6) is -1.30. The van der Waals surface area contributed by atoms with Gasteiger partial charge in [0.25, 0.3) is 5.24 Å². The first-order valence-corrected chi connectivity index (χ1v) is 15.5. The van der Waals surface area contributed by atoms with Gasteiger partial charge in [-0.1, -0.05) is 89.0 Å². The Bertz CT molecular complexity index is 1200. The molecule has 1 aromatic heterocycles. The Morgan fingerprint density at radius 1 is 0.897 bits per heavy atom. The highest BCUT2D eigenvalue weighted by atomic mass is 32.2. The largest absolute Gasteiger partial charge is 0.481 e. The summed E-state index contributed by atoms with van der Waals surface area (Å²) < 4.78 is 0.444. The first kappa shape index (κ1) is 30.8. The maximum Gasteiger partial charge on any atom is 0.309 e. The van der Waals surface area contributed by atoms with Gasteiger partial charge >= 0.3 is 5.97 Å². The number of carboxylic acid groups (broad SMARTS) is 1. The normalized spacial score (nSPS) is 13.1. The van der Waals surface area contributed by atoms with E-state index in [0.717, 1.165) is 31.0 Å². The zero-order valence-electron chi connectivity index (χ0n) is 22.9. The van der Waals surface area contributed by atoms with E-state index >= 15 is 0 Å². The van der Waals surface area contributed by atoms with Crippen LogP contribution in [0.4, 0.5) is 4.79 Å². The van der Waals surface area contributed by atoms with Gasteiger partial charge in [-0.15, -0.1) is 11.3 Å². The van der Waals surface area contributed by atoms with E-state index in [4.69, 9.17) is 5.11 Å². The quantitative estimate of drug-likeness (QED) is 0.164. The molecule has 0 saturated heterocycles. The van der Waals surface area contributed by atoms with Gasteiger partial charge in [0.2, 0.25) is 0 Å². The highest BCUT2D eigenvalue weighted by Gasteiger charge is 2.32. The summed E-state index contributed by atoms with van der Waals surface area (Å²) in [7, 11) is 1.60. The van der Waals surface area contributed by atoms with Crippen LogP contribution in [0.5, 0.6) is 0 Å². The molecule has 0 saturated carbocycles. The molecule has 210 valence electrons. The molecule has 7 nitrogen and oxygen atoms in total. The predicted molar refractivity (Wildman–Crippen MR) is 156 cm³/mol. The number of aromatic nitrogens is 1. The number of likely N-dealkylation sites (N-methyl/N-ethyl adjacent to an activating group) is 1. The predicted octanol–water partition coefficient (Wildman–Crippen LogP) is 7.60. The molecule has 0 unspecified atom stereocenters. The molecular weight excluding hydrogens is 532 g/mol. The van der Waals surface area contributed by atoms with Crippen molar-refractivity contribution in [2.45, 2.75) is 88.3 Å². The summed E-state index contributed by atoms with van der Waals surface area (Å²) >= 11 is 2.10.